The van der Waals surface area contributed by atoms with Gasteiger partial charge in [0.2, 0.25) is 10.0 Å². The zero-order valence-electron chi connectivity index (χ0n) is 9.33. The molecule has 0 saturated carbocycles. The molecule has 92 valence electrons. The van der Waals surface area contributed by atoms with Crippen molar-refractivity contribution in [1.29, 1.82) is 0 Å². The fraction of sp³-hybridized carbons (Fsp3) is 1.00. The predicted octanol–water partition coefficient (Wildman–Crippen LogP) is 1.51. The van der Waals surface area contributed by atoms with E-state index in [0.29, 0.717) is 13.2 Å². The van der Waals surface area contributed by atoms with E-state index in [1.54, 1.807) is 0 Å². The van der Waals surface area contributed by atoms with Crippen molar-refractivity contribution in [3.63, 3.8) is 0 Å². The molecule has 0 aliphatic rings. The van der Waals surface area contributed by atoms with E-state index in [-0.39, 0.29) is 17.2 Å². The first-order chi connectivity index (χ1) is 7.02. The number of nitrogens with one attached hydrogen (secondary N) is 1. The van der Waals surface area contributed by atoms with Crippen LogP contribution in [0.4, 0.5) is 0 Å². The Balaban J connectivity index is 3.73. The lowest BCUT2D eigenvalue weighted by atomic mass is 10.2. The highest BCUT2D eigenvalue weighted by atomic mass is 79.9. The lowest BCUT2D eigenvalue weighted by Crippen LogP contribution is -2.32. The van der Waals surface area contributed by atoms with Gasteiger partial charge in [-0.2, -0.15) is 0 Å². The van der Waals surface area contributed by atoms with Crippen molar-refractivity contribution >= 4 is 26.0 Å². The minimum atomic E-state index is -3.17. The van der Waals surface area contributed by atoms with E-state index in [1.807, 2.05) is 6.92 Å². The van der Waals surface area contributed by atoms with Crippen LogP contribution in [0.1, 0.15) is 26.7 Å². The molecule has 0 spiro atoms. The van der Waals surface area contributed by atoms with Crippen LogP contribution < -0.4 is 4.72 Å². The third kappa shape index (κ3) is 9.29. The van der Waals surface area contributed by atoms with Gasteiger partial charge in [-0.1, -0.05) is 29.3 Å². The smallest absolute Gasteiger partial charge is 0.213 e. The van der Waals surface area contributed by atoms with Crippen LogP contribution in [0.3, 0.4) is 0 Å². The SMILES string of the molecule is CCCC(Br)CNS(=O)(=O)CCOCC. The Morgan fingerprint density at radius 3 is 2.60 bits per heavy atom. The van der Waals surface area contributed by atoms with Crippen LogP contribution in [-0.2, 0) is 14.8 Å². The van der Waals surface area contributed by atoms with Gasteiger partial charge in [0.1, 0.15) is 0 Å². The molecule has 0 aliphatic carbocycles. The molecule has 1 unspecified atom stereocenters. The summed E-state index contributed by atoms with van der Waals surface area (Å²) in [5, 5.41) is 0. The van der Waals surface area contributed by atoms with Gasteiger partial charge < -0.3 is 4.74 Å². The number of alkyl halides is 1. The molecule has 0 aromatic carbocycles. The molecular weight excluding hydrogens is 282 g/mol. The number of halogens is 1. The van der Waals surface area contributed by atoms with Crippen molar-refractivity contribution in [3.05, 3.63) is 0 Å². The first-order valence-electron chi connectivity index (χ1n) is 5.21. The van der Waals surface area contributed by atoms with E-state index in [1.165, 1.54) is 0 Å². The number of hydrogen-bond donors (Lipinski definition) is 1. The van der Waals surface area contributed by atoms with E-state index in [2.05, 4.69) is 27.6 Å². The number of sulfonamides is 1. The van der Waals surface area contributed by atoms with E-state index in [4.69, 9.17) is 4.74 Å². The molecule has 0 fully saturated rings. The largest absolute Gasteiger partial charge is 0.381 e. The lowest BCUT2D eigenvalue weighted by Gasteiger charge is -2.10. The molecule has 0 aromatic rings. The van der Waals surface area contributed by atoms with Gasteiger partial charge in [-0.3, -0.25) is 0 Å². The molecule has 15 heavy (non-hydrogen) atoms. The third-order valence-corrected chi connectivity index (χ3v) is 3.92. The van der Waals surface area contributed by atoms with Crippen LogP contribution >= 0.6 is 15.9 Å². The standard InChI is InChI=1S/C9H20BrNO3S/c1-3-5-9(10)8-11-15(12,13)7-6-14-4-2/h9,11H,3-8H2,1-2H3. The Kier molecular flexibility index (Phi) is 8.69. The Hall–Kier alpha value is 0.350. The quantitative estimate of drug-likeness (QED) is 0.519. The van der Waals surface area contributed by atoms with E-state index >= 15 is 0 Å². The van der Waals surface area contributed by atoms with Gasteiger partial charge in [-0.05, 0) is 13.3 Å². The summed E-state index contributed by atoms with van der Waals surface area (Å²) in [4.78, 5) is 0.212. The Bertz CT molecular complexity index is 244. The number of rotatable bonds is 9. The molecule has 0 amide bonds. The summed E-state index contributed by atoms with van der Waals surface area (Å²) in [7, 11) is -3.17. The van der Waals surface area contributed by atoms with Crippen LogP contribution in [0.15, 0.2) is 0 Å². The van der Waals surface area contributed by atoms with Crippen LogP contribution in [0.5, 0.6) is 0 Å². The van der Waals surface area contributed by atoms with E-state index in [9.17, 15) is 8.42 Å². The Morgan fingerprint density at radius 1 is 1.40 bits per heavy atom. The lowest BCUT2D eigenvalue weighted by molar-refractivity contribution is 0.163. The van der Waals surface area contributed by atoms with Gasteiger partial charge in [0, 0.05) is 18.0 Å². The van der Waals surface area contributed by atoms with Gasteiger partial charge in [0.15, 0.2) is 0 Å². The molecule has 0 saturated heterocycles. The van der Waals surface area contributed by atoms with Gasteiger partial charge in [-0.25, -0.2) is 13.1 Å². The summed E-state index contributed by atoms with van der Waals surface area (Å²) in [6, 6.07) is 0. The molecule has 0 aromatic heterocycles. The fourth-order valence-electron chi connectivity index (χ4n) is 1.02. The van der Waals surface area contributed by atoms with Crippen LogP contribution in [0.2, 0.25) is 0 Å². The first-order valence-corrected chi connectivity index (χ1v) is 7.77. The molecule has 1 N–H and O–H groups in total. The third-order valence-electron chi connectivity index (χ3n) is 1.83. The van der Waals surface area contributed by atoms with Crippen LogP contribution in [0, 0.1) is 0 Å². The minimum Gasteiger partial charge on any atom is -0.381 e. The van der Waals surface area contributed by atoms with Crippen molar-refractivity contribution in [3.8, 4) is 0 Å². The maximum Gasteiger partial charge on any atom is 0.213 e. The number of hydrogen-bond acceptors (Lipinski definition) is 3. The fourth-order valence-corrected chi connectivity index (χ4v) is 2.79. The van der Waals surface area contributed by atoms with Crippen molar-refractivity contribution in [2.24, 2.45) is 0 Å². The first kappa shape index (κ1) is 15.3. The van der Waals surface area contributed by atoms with E-state index in [0.717, 1.165) is 12.8 Å². The van der Waals surface area contributed by atoms with Gasteiger partial charge >= 0.3 is 0 Å². The molecule has 0 bridgehead atoms. The molecule has 0 heterocycles. The minimum absolute atomic E-state index is 0.0344. The van der Waals surface area contributed by atoms with Crippen LogP contribution in [0.25, 0.3) is 0 Å². The summed E-state index contributed by atoms with van der Waals surface area (Å²) in [5.41, 5.74) is 0. The maximum atomic E-state index is 11.4. The van der Waals surface area contributed by atoms with Crippen LogP contribution in [-0.4, -0.2) is 38.8 Å². The second-order valence-electron chi connectivity index (χ2n) is 3.25. The Morgan fingerprint density at radius 2 is 2.07 bits per heavy atom. The summed E-state index contributed by atoms with van der Waals surface area (Å²) < 4.78 is 30.3. The summed E-state index contributed by atoms with van der Waals surface area (Å²) >= 11 is 3.41. The predicted molar refractivity (Wildman–Crippen MR) is 65.9 cm³/mol. The molecule has 0 aliphatic heterocycles. The molecule has 0 rings (SSSR count). The van der Waals surface area contributed by atoms with Gasteiger partial charge in [0.25, 0.3) is 0 Å². The van der Waals surface area contributed by atoms with Crippen molar-refractivity contribution in [2.45, 2.75) is 31.5 Å². The topological polar surface area (TPSA) is 55.4 Å². The van der Waals surface area contributed by atoms with Gasteiger partial charge in [0.05, 0.1) is 12.4 Å². The molecular formula is C9H20BrNO3S. The van der Waals surface area contributed by atoms with Gasteiger partial charge in [-0.15, -0.1) is 0 Å². The van der Waals surface area contributed by atoms with E-state index < -0.39 is 10.0 Å². The summed E-state index contributed by atoms with van der Waals surface area (Å²) in [6.45, 7) is 5.16. The highest BCUT2D eigenvalue weighted by Gasteiger charge is 2.11. The summed E-state index contributed by atoms with van der Waals surface area (Å²) in [6.07, 6.45) is 2.00. The Labute approximate surface area is 101 Å². The molecule has 0 radical (unpaired) electrons. The second-order valence-corrected chi connectivity index (χ2v) is 6.47. The zero-order valence-corrected chi connectivity index (χ0v) is 11.7. The average molecular weight is 302 g/mol. The second kappa shape index (κ2) is 8.50. The molecule has 1 atom stereocenters. The number of ether oxygens (including phenoxy) is 1. The monoisotopic (exact) mass is 301 g/mol. The maximum absolute atomic E-state index is 11.4. The average Bonchev–Trinajstić information content (AvgIpc) is 2.16. The highest BCUT2D eigenvalue weighted by molar-refractivity contribution is 9.09. The zero-order chi connectivity index (χ0) is 11.7. The summed E-state index contributed by atoms with van der Waals surface area (Å²) in [5.74, 6) is 0.0344. The highest BCUT2D eigenvalue weighted by Crippen LogP contribution is 2.06. The normalized spacial score (nSPS) is 14.1. The molecule has 4 nitrogen and oxygen atoms in total. The van der Waals surface area contributed by atoms with Crippen molar-refractivity contribution in [1.82, 2.24) is 4.72 Å². The van der Waals surface area contributed by atoms with Crippen molar-refractivity contribution < 1.29 is 13.2 Å². The van der Waals surface area contributed by atoms with Crippen molar-refractivity contribution in [2.75, 3.05) is 25.5 Å². The molecule has 6 heteroatoms.